The van der Waals surface area contributed by atoms with E-state index in [1.54, 1.807) is 0 Å². The fourth-order valence-corrected chi connectivity index (χ4v) is 1.89. The average Bonchev–Trinajstić information content (AvgIpc) is 2.59. The molecule has 0 bridgehead atoms. The second kappa shape index (κ2) is 4.27. The van der Waals surface area contributed by atoms with E-state index in [0.29, 0.717) is 15.6 Å². The highest BCUT2D eigenvalue weighted by Gasteiger charge is 2.26. The molecule has 86 valence electrons. The predicted octanol–water partition coefficient (Wildman–Crippen LogP) is 2.44. The molecular weight excluding hydrogens is 267 g/mol. The van der Waals surface area contributed by atoms with E-state index >= 15 is 0 Å². The standard InChI is InChI=1S/C10H4Cl2N2O3/c11-5-1-4(2-6(12)3-5)7-8(9(15)16)14-10(17)13-7/h1-3H,(H,15,16). The van der Waals surface area contributed by atoms with E-state index in [4.69, 9.17) is 28.3 Å². The summed E-state index contributed by atoms with van der Waals surface area (Å²) in [4.78, 5) is 28.7. The first-order valence-corrected chi connectivity index (χ1v) is 5.14. The van der Waals surface area contributed by atoms with Crippen LogP contribution in [0.2, 0.25) is 10.0 Å². The molecule has 1 aliphatic heterocycles. The second-order valence-corrected chi connectivity index (χ2v) is 4.04. The van der Waals surface area contributed by atoms with Gasteiger partial charge in [-0.1, -0.05) is 23.2 Å². The SMILES string of the molecule is O=C1N=C(C(=O)O)C(c2cc(Cl)cc(Cl)c2)=N1. The molecule has 1 aromatic carbocycles. The maximum absolute atomic E-state index is 11.0. The number of carbonyl (C=O) groups excluding carboxylic acids is 1. The molecule has 0 unspecified atom stereocenters. The summed E-state index contributed by atoms with van der Waals surface area (Å²) in [7, 11) is 0. The van der Waals surface area contributed by atoms with Gasteiger partial charge in [0.25, 0.3) is 0 Å². The van der Waals surface area contributed by atoms with Gasteiger partial charge in [-0.05, 0) is 18.2 Å². The Morgan fingerprint density at radius 3 is 2.24 bits per heavy atom. The molecule has 1 aliphatic rings. The number of halogens is 2. The summed E-state index contributed by atoms with van der Waals surface area (Å²) in [5.74, 6) is -1.33. The first kappa shape index (κ1) is 11.8. The van der Waals surface area contributed by atoms with E-state index < -0.39 is 17.7 Å². The van der Waals surface area contributed by atoms with Crippen LogP contribution < -0.4 is 0 Å². The highest BCUT2D eigenvalue weighted by atomic mass is 35.5. The molecule has 0 radical (unpaired) electrons. The van der Waals surface area contributed by atoms with Crippen LogP contribution in [0.3, 0.4) is 0 Å². The van der Waals surface area contributed by atoms with E-state index in [1.165, 1.54) is 18.2 Å². The lowest BCUT2D eigenvalue weighted by atomic mass is 10.1. The Labute approximate surface area is 105 Å². The Kier molecular flexibility index (Phi) is 2.95. The third-order valence-electron chi connectivity index (χ3n) is 1.98. The number of hydrogen-bond acceptors (Lipinski definition) is 2. The van der Waals surface area contributed by atoms with Crippen molar-refractivity contribution in [1.82, 2.24) is 0 Å². The van der Waals surface area contributed by atoms with Gasteiger partial charge >= 0.3 is 12.0 Å². The van der Waals surface area contributed by atoms with Crippen molar-refractivity contribution in [3.05, 3.63) is 33.8 Å². The van der Waals surface area contributed by atoms with E-state index in [9.17, 15) is 9.59 Å². The molecule has 0 saturated heterocycles. The number of nitrogens with zero attached hydrogens (tertiary/aromatic N) is 2. The molecule has 0 aliphatic carbocycles. The van der Waals surface area contributed by atoms with Crippen LogP contribution in [0.5, 0.6) is 0 Å². The van der Waals surface area contributed by atoms with E-state index in [0.717, 1.165) is 0 Å². The molecule has 7 heteroatoms. The largest absolute Gasteiger partial charge is 0.476 e. The summed E-state index contributed by atoms with van der Waals surface area (Å²) >= 11 is 11.6. The van der Waals surface area contributed by atoms with E-state index in [1.807, 2.05) is 0 Å². The average molecular weight is 271 g/mol. The summed E-state index contributed by atoms with van der Waals surface area (Å²) in [6, 6.07) is 3.56. The smallest absolute Gasteiger partial charge is 0.368 e. The molecule has 0 spiro atoms. The van der Waals surface area contributed by atoms with Crippen LogP contribution in [0.4, 0.5) is 4.79 Å². The zero-order chi connectivity index (χ0) is 12.6. The first-order valence-electron chi connectivity index (χ1n) is 4.39. The topological polar surface area (TPSA) is 79.1 Å². The number of urea groups is 1. The van der Waals surface area contributed by atoms with Gasteiger partial charge in [-0.15, -0.1) is 0 Å². The normalized spacial score (nSPS) is 14.6. The molecule has 0 atom stereocenters. The van der Waals surface area contributed by atoms with Gasteiger partial charge < -0.3 is 5.11 Å². The summed E-state index contributed by atoms with van der Waals surface area (Å²) in [6.45, 7) is 0. The maximum atomic E-state index is 11.0. The molecular formula is C10H4Cl2N2O3. The summed E-state index contributed by atoms with van der Waals surface area (Å²) in [5.41, 5.74) is -0.102. The first-order chi connectivity index (χ1) is 7.97. The molecule has 1 heterocycles. The van der Waals surface area contributed by atoms with Crippen LogP contribution >= 0.6 is 23.2 Å². The van der Waals surface area contributed by atoms with Gasteiger partial charge in [-0.25, -0.2) is 9.59 Å². The van der Waals surface area contributed by atoms with Crippen LogP contribution in [0.15, 0.2) is 28.2 Å². The monoisotopic (exact) mass is 270 g/mol. The third kappa shape index (κ3) is 2.35. The number of hydrogen-bond donors (Lipinski definition) is 1. The Bertz CT molecular complexity index is 573. The van der Waals surface area contributed by atoms with Gasteiger partial charge in [0, 0.05) is 15.6 Å². The third-order valence-corrected chi connectivity index (χ3v) is 2.41. The second-order valence-electron chi connectivity index (χ2n) is 3.17. The molecule has 0 fully saturated rings. The highest BCUT2D eigenvalue weighted by Crippen LogP contribution is 2.21. The van der Waals surface area contributed by atoms with E-state index in [2.05, 4.69) is 9.98 Å². The zero-order valence-electron chi connectivity index (χ0n) is 8.15. The molecule has 17 heavy (non-hydrogen) atoms. The number of rotatable bonds is 2. The van der Waals surface area contributed by atoms with Crippen molar-refractivity contribution in [3.63, 3.8) is 0 Å². The lowest BCUT2D eigenvalue weighted by molar-refractivity contribution is -0.129. The molecule has 1 aromatic rings. The van der Waals surface area contributed by atoms with Crippen molar-refractivity contribution in [2.24, 2.45) is 9.98 Å². The van der Waals surface area contributed by atoms with E-state index in [-0.39, 0.29) is 5.71 Å². The molecule has 5 nitrogen and oxygen atoms in total. The van der Waals surface area contributed by atoms with Crippen LogP contribution in [0, 0.1) is 0 Å². The molecule has 2 amide bonds. The zero-order valence-corrected chi connectivity index (χ0v) is 9.66. The van der Waals surface area contributed by atoms with Crippen molar-refractivity contribution in [1.29, 1.82) is 0 Å². The summed E-state index contributed by atoms with van der Waals surface area (Å²) < 4.78 is 0. The lowest BCUT2D eigenvalue weighted by Crippen LogP contribution is -2.22. The molecule has 0 saturated carbocycles. The molecule has 2 rings (SSSR count). The lowest BCUT2D eigenvalue weighted by Gasteiger charge is -2.02. The number of aliphatic imine (C=N–C) groups is 2. The van der Waals surface area contributed by atoms with Gasteiger partial charge in [-0.3, -0.25) is 0 Å². The Morgan fingerprint density at radius 1 is 1.12 bits per heavy atom. The number of carbonyl (C=O) groups is 2. The maximum Gasteiger partial charge on any atom is 0.368 e. The number of carboxylic acids is 1. The van der Waals surface area contributed by atoms with Gasteiger partial charge in [0.1, 0.15) is 5.71 Å². The van der Waals surface area contributed by atoms with Gasteiger partial charge in [0.05, 0.1) is 0 Å². The minimum absolute atomic E-state index is 0.0353. The number of benzene rings is 1. The summed E-state index contributed by atoms with van der Waals surface area (Å²) in [5, 5.41) is 9.51. The van der Waals surface area contributed by atoms with Crippen molar-refractivity contribution < 1.29 is 14.7 Å². The van der Waals surface area contributed by atoms with Crippen molar-refractivity contribution in [2.45, 2.75) is 0 Å². The molecule has 0 aromatic heterocycles. The predicted molar refractivity (Wildman–Crippen MR) is 63.5 cm³/mol. The number of amides is 2. The Hall–Kier alpha value is -1.72. The van der Waals surface area contributed by atoms with Crippen molar-refractivity contribution in [3.8, 4) is 0 Å². The highest BCUT2D eigenvalue weighted by molar-refractivity contribution is 6.71. The van der Waals surface area contributed by atoms with Gasteiger partial charge in [0.2, 0.25) is 0 Å². The van der Waals surface area contributed by atoms with Crippen molar-refractivity contribution >= 4 is 46.6 Å². The molecule has 1 N–H and O–H groups in total. The van der Waals surface area contributed by atoms with Crippen LogP contribution in [-0.4, -0.2) is 28.5 Å². The minimum Gasteiger partial charge on any atom is -0.476 e. The van der Waals surface area contributed by atoms with Crippen LogP contribution in [-0.2, 0) is 4.79 Å². The van der Waals surface area contributed by atoms with Crippen LogP contribution in [0.1, 0.15) is 5.56 Å². The van der Waals surface area contributed by atoms with Gasteiger partial charge in [0.15, 0.2) is 5.71 Å². The van der Waals surface area contributed by atoms with Crippen molar-refractivity contribution in [2.75, 3.05) is 0 Å². The Morgan fingerprint density at radius 2 is 1.71 bits per heavy atom. The number of carboxylic acid groups (broad SMARTS) is 1. The minimum atomic E-state index is -1.33. The quantitative estimate of drug-likeness (QED) is 0.897. The Balaban J connectivity index is 2.54. The fourth-order valence-electron chi connectivity index (χ4n) is 1.36. The summed E-state index contributed by atoms with van der Waals surface area (Å²) in [6.07, 6.45) is 0. The number of aliphatic carboxylic acids is 1. The fraction of sp³-hybridized carbons (Fsp3) is 0. The van der Waals surface area contributed by atoms with Gasteiger partial charge in [-0.2, -0.15) is 9.98 Å². The van der Waals surface area contributed by atoms with Crippen LogP contribution in [0.25, 0.3) is 0 Å².